The molecule has 5 nitrogen and oxygen atoms in total. The van der Waals surface area contributed by atoms with Crippen LogP contribution >= 0.6 is 0 Å². The number of carbonyl (C=O) groups is 1. The molecule has 5 heteroatoms. The molecule has 0 spiro atoms. The topological polar surface area (TPSA) is 50.5 Å². The fourth-order valence-corrected chi connectivity index (χ4v) is 2.91. The summed E-state index contributed by atoms with van der Waals surface area (Å²) in [6.07, 6.45) is 3.70. The first kappa shape index (κ1) is 15.5. The lowest BCUT2D eigenvalue weighted by Crippen LogP contribution is -2.35. The molecule has 1 amide bonds. The van der Waals surface area contributed by atoms with Crippen molar-refractivity contribution in [3.63, 3.8) is 0 Å². The summed E-state index contributed by atoms with van der Waals surface area (Å²) in [4.78, 5) is 16.8. The van der Waals surface area contributed by atoms with Gasteiger partial charge in [0, 0.05) is 44.9 Å². The minimum Gasteiger partial charge on any atom is -0.619 e. The van der Waals surface area contributed by atoms with Gasteiger partial charge < -0.3 is 10.1 Å². The number of aromatic nitrogens is 1. The second-order valence-corrected chi connectivity index (χ2v) is 5.85. The van der Waals surface area contributed by atoms with Crippen LogP contribution in [0.4, 0.5) is 0 Å². The molecule has 2 aromatic rings. The maximum absolute atomic E-state index is 12.5. The quantitative estimate of drug-likeness (QED) is 0.640. The first-order chi connectivity index (χ1) is 11.2. The predicted molar refractivity (Wildman–Crippen MR) is 87.6 cm³/mol. The molecule has 1 aliphatic rings. The molecule has 3 rings (SSSR count). The van der Waals surface area contributed by atoms with E-state index in [0.29, 0.717) is 10.3 Å². The predicted octanol–water partition coefficient (Wildman–Crippen LogP) is 1.67. The van der Waals surface area contributed by atoms with Crippen LogP contribution in [0.25, 0.3) is 0 Å². The number of hydrogen-bond donors (Lipinski definition) is 0. The molecule has 0 radical (unpaired) electrons. The second kappa shape index (κ2) is 7.24. The Labute approximate surface area is 136 Å². The van der Waals surface area contributed by atoms with Crippen LogP contribution in [-0.2, 0) is 6.54 Å². The van der Waals surface area contributed by atoms with Gasteiger partial charge in [0.25, 0.3) is 5.91 Å². The lowest BCUT2D eigenvalue weighted by molar-refractivity contribution is -0.605. The number of hydrogen-bond acceptors (Lipinski definition) is 3. The largest absolute Gasteiger partial charge is 0.619 e. The van der Waals surface area contributed by atoms with Crippen LogP contribution in [-0.4, -0.2) is 41.9 Å². The third-order valence-electron chi connectivity index (χ3n) is 4.17. The third-order valence-corrected chi connectivity index (χ3v) is 4.17. The molecule has 0 N–H and O–H groups in total. The van der Waals surface area contributed by atoms with Crippen LogP contribution in [0.3, 0.4) is 0 Å². The number of pyridine rings is 1. The summed E-state index contributed by atoms with van der Waals surface area (Å²) in [5.74, 6) is 0.00663. The van der Waals surface area contributed by atoms with Gasteiger partial charge in [0.1, 0.15) is 0 Å². The maximum atomic E-state index is 12.5. The van der Waals surface area contributed by atoms with E-state index in [0.717, 1.165) is 39.1 Å². The standard InChI is InChI=1S/C18H21N3O2/c22-18(17-7-11-21(23)12-8-17)20-10-4-9-19(13-14-20)15-16-5-2-1-3-6-16/h1-3,5-8,11-12H,4,9-10,13-15H2. The summed E-state index contributed by atoms with van der Waals surface area (Å²) in [7, 11) is 0. The molecular weight excluding hydrogens is 290 g/mol. The fraction of sp³-hybridized carbons (Fsp3) is 0.333. The van der Waals surface area contributed by atoms with Crippen LogP contribution in [0.1, 0.15) is 22.3 Å². The van der Waals surface area contributed by atoms with Gasteiger partial charge in [0.15, 0.2) is 12.4 Å². The zero-order chi connectivity index (χ0) is 16.1. The van der Waals surface area contributed by atoms with Gasteiger partial charge in [0.2, 0.25) is 0 Å². The summed E-state index contributed by atoms with van der Waals surface area (Å²) in [5.41, 5.74) is 1.88. The van der Waals surface area contributed by atoms with E-state index >= 15 is 0 Å². The first-order valence-electron chi connectivity index (χ1n) is 7.97. The average molecular weight is 311 g/mol. The third kappa shape index (κ3) is 4.07. The van der Waals surface area contributed by atoms with E-state index in [2.05, 4.69) is 29.2 Å². The van der Waals surface area contributed by atoms with Gasteiger partial charge in [-0.1, -0.05) is 30.3 Å². The highest BCUT2D eigenvalue weighted by Gasteiger charge is 2.20. The summed E-state index contributed by atoms with van der Waals surface area (Å²) < 4.78 is 0.695. The van der Waals surface area contributed by atoms with E-state index in [4.69, 9.17) is 0 Å². The summed E-state index contributed by atoms with van der Waals surface area (Å²) in [6, 6.07) is 13.6. The molecule has 0 unspecified atom stereocenters. The van der Waals surface area contributed by atoms with E-state index in [1.165, 1.54) is 18.0 Å². The van der Waals surface area contributed by atoms with Crippen molar-refractivity contribution < 1.29 is 9.52 Å². The van der Waals surface area contributed by atoms with E-state index in [1.807, 2.05) is 11.0 Å². The number of nitrogens with zero attached hydrogens (tertiary/aromatic N) is 3. The molecule has 0 bridgehead atoms. The lowest BCUT2D eigenvalue weighted by Gasteiger charge is -2.22. The molecular formula is C18H21N3O2. The fourth-order valence-electron chi connectivity index (χ4n) is 2.91. The van der Waals surface area contributed by atoms with Crippen LogP contribution in [0.5, 0.6) is 0 Å². The van der Waals surface area contributed by atoms with Gasteiger partial charge in [0.05, 0.1) is 5.56 Å². The van der Waals surface area contributed by atoms with E-state index in [-0.39, 0.29) is 5.91 Å². The molecule has 0 saturated carbocycles. The zero-order valence-corrected chi connectivity index (χ0v) is 13.1. The summed E-state index contributed by atoms with van der Waals surface area (Å²) in [6.45, 7) is 4.27. The molecule has 23 heavy (non-hydrogen) atoms. The minimum absolute atomic E-state index is 0.00663. The first-order valence-corrected chi connectivity index (χ1v) is 7.97. The summed E-state index contributed by atoms with van der Waals surface area (Å²) >= 11 is 0. The molecule has 1 saturated heterocycles. The molecule has 0 aliphatic carbocycles. The number of carbonyl (C=O) groups excluding carboxylic acids is 1. The highest BCUT2D eigenvalue weighted by atomic mass is 16.5. The smallest absolute Gasteiger partial charge is 0.254 e. The SMILES string of the molecule is O=C(c1cc[n+]([O-])cc1)N1CCCN(Cc2ccccc2)CC1. The van der Waals surface area contributed by atoms with Crippen molar-refractivity contribution in [2.75, 3.05) is 26.2 Å². The Morgan fingerprint density at radius 3 is 2.48 bits per heavy atom. The van der Waals surface area contributed by atoms with Gasteiger partial charge in [-0.15, -0.1) is 0 Å². The van der Waals surface area contributed by atoms with E-state index < -0.39 is 0 Å². The van der Waals surface area contributed by atoms with Crippen molar-refractivity contribution in [1.29, 1.82) is 0 Å². The Kier molecular flexibility index (Phi) is 4.88. The average Bonchev–Trinajstić information content (AvgIpc) is 2.81. The number of amides is 1. The molecule has 120 valence electrons. The van der Waals surface area contributed by atoms with Crippen molar-refractivity contribution in [3.05, 3.63) is 71.2 Å². The molecule has 1 aromatic carbocycles. The normalized spacial score (nSPS) is 16.1. The van der Waals surface area contributed by atoms with Crippen LogP contribution in [0.15, 0.2) is 54.9 Å². The molecule has 0 atom stereocenters. The minimum atomic E-state index is 0.00663. The van der Waals surface area contributed by atoms with Crippen molar-refractivity contribution >= 4 is 5.91 Å². The van der Waals surface area contributed by atoms with Crippen LogP contribution < -0.4 is 4.73 Å². The van der Waals surface area contributed by atoms with Crippen molar-refractivity contribution in [2.45, 2.75) is 13.0 Å². The van der Waals surface area contributed by atoms with Crippen LogP contribution in [0.2, 0.25) is 0 Å². The highest BCUT2D eigenvalue weighted by molar-refractivity contribution is 5.94. The molecule has 1 fully saturated rings. The van der Waals surface area contributed by atoms with Gasteiger partial charge in [-0.2, -0.15) is 4.73 Å². The second-order valence-electron chi connectivity index (χ2n) is 5.85. The monoisotopic (exact) mass is 311 g/mol. The van der Waals surface area contributed by atoms with Gasteiger partial charge in [-0.25, -0.2) is 0 Å². The van der Waals surface area contributed by atoms with Crippen LogP contribution in [0, 0.1) is 5.21 Å². The lowest BCUT2D eigenvalue weighted by atomic mass is 10.2. The summed E-state index contributed by atoms with van der Waals surface area (Å²) in [5, 5.41) is 11.1. The molecule has 1 aliphatic heterocycles. The number of benzene rings is 1. The maximum Gasteiger partial charge on any atom is 0.254 e. The van der Waals surface area contributed by atoms with Crippen molar-refractivity contribution in [3.8, 4) is 0 Å². The van der Waals surface area contributed by atoms with Crippen molar-refractivity contribution in [1.82, 2.24) is 9.80 Å². The van der Waals surface area contributed by atoms with Gasteiger partial charge in [-0.05, 0) is 12.0 Å². The van der Waals surface area contributed by atoms with Gasteiger partial charge in [-0.3, -0.25) is 9.69 Å². The van der Waals surface area contributed by atoms with Crippen molar-refractivity contribution in [2.24, 2.45) is 0 Å². The Hall–Kier alpha value is -2.40. The number of rotatable bonds is 3. The Bertz CT molecular complexity index is 643. The van der Waals surface area contributed by atoms with E-state index in [1.54, 1.807) is 12.1 Å². The zero-order valence-electron chi connectivity index (χ0n) is 13.1. The highest BCUT2D eigenvalue weighted by Crippen LogP contribution is 2.11. The molecule has 2 heterocycles. The van der Waals surface area contributed by atoms with Gasteiger partial charge >= 0.3 is 0 Å². The Morgan fingerprint density at radius 2 is 1.74 bits per heavy atom. The Balaban J connectivity index is 1.59. The Morgan fingerprint density at radius 1 is 1.00 bits per heavy atom. The van der Waals surface area contributed by atoms with E-state index in [9.17, 15) is 10.0 Å². The molecule has 1 aromatic heterocycles.